The Kier molecular flexibility index (Phi) is 5.00. The highest BCUT2D eigenvalue weighted by Crippen LogP contribution is 2.22. The van der Waals surface area contributed by atoms with Gasteiger partial charge in [0.1, 0.15) is 0 Å². The number of benzene rings is 1. The molecule has 1 aromatic rings. The first-order chi connectivity index (χ1) is 7.91. The van der Waals surface area contributed by atoms with Crippen molar-refractivity contribution in [3.8, 4) is 0 Å². The molecule has 0 aliphatic heterocycles. The van der Waals surface area contributed by atoms with Gasteiger partial charge in [-0.1, -0.05) is 28.9 Å². The molecule has 1 unspecified atom stereocenters. The molecule has 1 N–H and O–H groups in total. The van der Waals surface area contributed by atoms with Gasteiger partial charge in [0.2, 0.25) is 0 Å². The Morgan fingerprint density at radius 2 is 2.06 bits per heavy atom. The molecule has 0 saturated heterocycles. The van der Waals surface area contributed by atoms with Crippen LogP contribution in [0.3, 0.4) is 0 Å². The predicted molar refractivity (Wildman–Crippen MR) is 73.4 cm³/mol. The number of halogens is 1. The third-order valence-electron chi connectivity index (χ3n) is 2.66. The number of nitrogens with zero attached hydrogens (tertiary/aromatic N) is 1. The standard InChI is InChI=1S/C13H18BrNO2/c1-9(2)15(8-10(3)13(16)17)12-6-4-5-11(14)7-12/h4-7,9-10H,8H2,1-3H3,(H,16,17). The van der Waals surface area contributed by atoms with Crippen LogP contribution in [0.5, 0.6) is 0 Å². The van der Waals surface area contributed by atoms with E-state index in [1.54, 1.807) is 6.92 Å². The smallest absolute Gasteiger partial charge is 0.308 e. The first kappa shape index (κ1) is 14.0. The molecule has 0 saturated carbocycles. The van der Waals surface area contributed by atoms with Gasteiger partial charge in [0.25, 0.3) is 0 Å². The van der Waals surface area contributed by atoms with Gasteiger partial charge in [0.15, 0.2) is 0 Å². The SMILES string of the molecule is CC(CN(c1cccc(Br)c1)C(C)C)C(=O)O. The number of aliphatic carboxylic acids is 1. The minimum atomic E-state index is -0.759. The van der Waals surface area contributed by atoms with Gasteiger partial charge in [-0.2, -0.15) is 0 Å². The molecule has 0 amide bonds. The summed E-state index contributed by atoms with van der Waals surface area (Å²) in [6.45, 7) is 6.38. The van der Waals surface area contributed by atoms with Crippen LogP contribution in [0.2, 0.25) is 0 Å². The number of carbonyl (C=O) groups is 1. The van der Waals surface area contributed by atoms with Crippen molar-refractivity contribution in [2.24, 2.45) is 5.92 Å². The number of hydrogen-bond donors (Lipinski definition) is 1. The second kappa shape index (κ2) is 6.05. The summed E-state index contributed by atoms with van der Waals surface area (Å²) < 4.78 is 1.00. The summed E-state index contributed by atoms with van der Waals surface area (Å²) in [5.41, 5.74) is 1.04. The molecule has 17 heavy (non-hydrogen) atoms. The molecule has 1 rings (SSSR count). The van der Waals surface area contributed by atoms with E-state index in [1.807, 2.05) is 24.3 Å². The minimum Gasteiger partial charge on any atom is -0.481 e. The van der Waals surface area contributed by atoms with E-state index in [4.69, 9.17) is 5.11 Å². The number of rotatable bonds is 5. The van der Waals surface area contributed by atoms with Gasteiger partial charge in [-0.25, -0.2) is 0 Å². The summed E-state index contributed by atoms with van der Waals surface area (Å²) in [5, 5.41) is 8.98. The molecular formula is C13H18BrNO2. The van der Waals surface area contributed by atoms with Gasteiger partial charge in [-0.05, 0) is 32.0 Å². The number of carboxylic acids is 1. The Balaban J connectivity index is 2.90. The fraction of sp³-hybridized carbons (Fsp3) is 0.462. The normalized spacial score (nSPS) is 12.5. The minimum absolute atomic E-state index is 0.270. The van der Waals surface area contributed by atoms with E-state index in [9.17, 15) is 4.79 Å². The van der Waals surface area contributed by atoms with Crippen molar-refractivity contribution in [3.63, 3.8) is 0 Å². The molecule has 1 aromatic carbocycles. The second-order valence-corrected chi connectivity index (χ2v) is 5.38. The van der Waals surface area contributed by atoms with E-state index in [-0.39, 0.29) is 12.0 Å². The molecule has 0 fully saturated rings. The van der Waals surface area contributed by atoms with Gasteiger partial charge in [0.05, 0.1) is 5.92 Å². The van der Waals surface area contributed by atoms with Gasteiger partial charge >= 0.3 is 5.97 Å². The highest BCUT2D eigenvalue weighted by atomic mass is 79.9. The molecular weight excluding hydrogens is 282 g/mol. The van der Waals surface area contributed by atoms with Gasteiger partial charge in [0, 0.05) is 22.7 Å². The van der Waals surface area contributed by atoms with Crippen LogP contribution >= 0.6 is 15.9 Å². The summed E-state index contributed by atoms with van der Waals surface area (Å²) in [7, 11) is 0. The van der Waals surface area contributed by atoms with Crippen molar-refractivity contribution in [2.75, 3.05) is 11.4 Å². The number of anilines is 1. The van der Waals surface area contributed by atoms with Crippen LogP contribution in [-0.4, -0.2) is 23.7 Å². The molecule has 0 radical (unpaired) electrons. The molecule has 0 aliphatic rings. The largest absolute Gasteiger partial charge is 0.481 e. The molecule has 0 bridgehead atoms. The average Bonchev–Trinajstić information content (AvgIpc) is 2.24. The quantitative estimate of drug-likeness (QED) is 0.906. The lowest BCUT2D eigenvalue weighted by Crippen LogP contribution is -2.37. The topological polar surface area (TPSA) is 40.5 Å². The van der Waals surface area contributed by atoms with E-state index in [2.05, 4.69) is 34.7 Å². The highest BCUT2D eigenvalue weighted by Gasteiger charge is 2.18. The predicted octanol–water partition coefficient (Wildman–Crippen LogP) is 3.38. The van der Waals surface area contributed by atoms with E-state index in [0.717, 1.165) is 10.2 Å². The summed E-state index contributed by atoms with van der Waals surface area (Å²) in [4.78, 5) is 13.0. The third kappa shape index (κ3) is 4.04. The van der Waals surface area contributed by atoms with E-state index in [0.29, 0.717) is 6.54 Å². The van der Waals surface area contributed by atoms with E-state index in [1.165, 1.54) is 0 Å². The van der Waals surface area contributed by atoms with Gasteiger partial charge < -0.3 is 10.0 Å². The van der Waals surface area contributed by atoms with Crippen molar-refractivity contribution in [1.82, 2.24) is 0 Å². The van der Waals surface area contributed by atoms with Crippen molar-refractivity contribution < 1.29 is 9.90 Å². The summed E-state index contributed by atoms with van der Waals surface area (Å²) in [6, 6.07) is 8.20. The van der Waals surface area contributed by atoms with Crippen molar-refractivity contribution >= 4 is 27.6 Å². The van der Waals surface area contributed by atoms with Crippen LogP contribution in [0.4, 0.5) is 5.69 Å². The molecule has 0 spiro atoms. The lowest BCUT2D eigenvalue weighted by Gasteiger charge is -2.30. The maximum atomic E-state index is 10.9. The zero-order chi connectivity index (χ0) is 13.0. The molecule has 0 aromatic heterocycles. The molecule has 0 heterocycles. The van der Waals surface area contributed by atoms with Crippen LogP contribution in [0.1, 0.15) is 20.8 Å². The second-order valence-electron chi connectivity index (χ2n) is 4.47. The van der Waals surface area contributed by atoms with Crippen molar-refractivity contribution in [3.05, 3.63) is 28.7 Å². The fourth-order valence-electron chi connectivity index (χ4n) is 1.64. The molecule has 1 atom stereocenters. The lowest BCUT2D eigenvalue weighted by molar-refractivity contribution is -0.140. The first-order valence-electron chi connectivity index (χ1n) is 5.67. The number of hydrogen-bond acceptors (Lipinski definition) is 2. The lowest BCUT2D eigenvalue weighted by atomic mass is 10.1. The van der Waals surface area contributed by atoms with Crippen molar-refractivity contribution in [2.45, 2.75) is 26.8 Å². The van der Waals surface area contributed by atoms with Crippen molar-refractivity contribution in [1.29, 1.82) is 0 Å². The van der Waals surface area contributed by atoms with E-state index < -0.39 is 5.97 Å². The Morgan fingerprint density at radius 3 is 2.53 bits per heavy atom. The first-order valence-corrected chi connectivity index (χ1v) is 6.46. The Labute approximate surface area is 111 Å². The van der Waals surface area contributed by atoms with Gasteiger partial charge in [-0.3, -0.25) is 4.79 Å². The van der Waals surface area contributed by atoms with Crippen LogP contribution in [0, 0.1) is 5.92 Å². The van der Waals surface area contributed by atoms with Crippen LogP contribution < -0.4 is 4.90 Å². The fourth-order valence-corrected chi connectivity index (χ4v) is 2.03. The zero-order valence-electron chi connectivity index (χ0n) is 10.4. The molecule has 0 aliphatic carbocycles. The highest BCUT2D eigenvalue weighted by molar-refractivity contribution is 9.10. The summed E-state index contributed by atoms with van der Waals surface area (Å²) in [6.07, 6.45) is 0. The Morgan fingerprint density at radius 1 is 1.41 bits per heavy atom. The van der Waals surface area contributed by atoms with Crippen LogP contribution in [0.25, 0.3) is 0 Å². The third-order valence-corrected chi connectivity index (χ3v) is 3.15. The van der Waals surface area contributed by atoms with Gasteiger partial charge in [-0.15, -0.1) is 0 Å². The van der Waals surface area contributed by atoms with Crippen LogP contribution in [0.15, 0.2) is 28.7 Å². The summed E-state index contributed by atoms with van der Waals surface area (Å²) in [5.74, 6) is -1.14. The van der Waals surface area contributed by atoms with Crippen LogP contribution in [-0.2, 0) is 4.79 Å². The average molecular weight is 300 g/mol. The Bertz CT molecular complexity index is 393. The molecule has 94 valence electrons. The maximum Gasteiger partial charge on any atom is 0.308 e. The Hall–Kier alpha value is -1.03. The molecule has 3 nitrogen and oxygen atoms in total. The monoisotopic (exact) mass is 299 g/mol. The summed E-state index contributed by atoms with van der Waals surface area (Å²) >= 11 is 3.43. The maximum absolute atomic E-state index is 10.9. The zero-order valence-corrected chi connectivity index (χ0v) is 11.9. The number of carboxylic acid groups (broad SMARTS) is 1. The van der Waals surface area contributed by atoms with E-state index >= 15 is 0 Å². The molecule has 4 heteroatoms.